The molecule has 0 radical (unpaired) electrons. The van der Waals surface area contributed by atoms with Crippen LogP contribution in [-0.2, 0) is 9.59 Å². The summed E-state index contributed by atoms with van der Waals surface area (Å²) < 4.78 is 24.9. The van der Waals surface area contributed by atoms with E-state index in [9.17, 15) is 18.4 Å². The van der Waals surface area contributed by atoms with Crippen LogP contribution in [0.4, 0.5) is 8.78 Å². The number of piperazine rings is 1. The molecular weight excluding hydrogens is 230 g/mol. The zero-order valence-electron chi connectivity index (χ0n) is 10.5. The Kier molecular flexibility index (Phi) is 3.74. The van der Waals surface area contributed by atoms with E-state index in [1.54, 1.807) is 13.8 Å². The summed E-state index contributed by atoms with van der Waals surface area (Å²) in [6.45, 7) is 5.77. The van der Waals surface area contributed by atoms with Crippen molar-refractivity contribution < 1.29 is 18.4 Å². The van der Waals surface area contributed by atoms with Gasteiger partial charge in [-0.15, -0.1) is 0 Å². The van der Waals surface area contributed by atoms with Crippen LogP contribution in [0, 0.1) is 5.92 Å². The second-order valence-corrected chi connectivity index (χ2v) is 5.09. The molecule has 17 heavy (non-hydrogen) atoms. The van der Waals surface area contributed by atoms with Gasteiger partial charge in [0.25, 0.3) is 6.43 Å². The SMILES string of the molecule is CC(C)C1NC(=O)C(C)(C)N(CC(F)F)C1=O. The Hall–Kier alpha value is -1.20. The van der Waals surface area contributed by atoms with Gasteiger partial charge in [0.2, 0.25) is 11.8 Å². The van der Waals surface area contributed by atoms with Gasteiger partial charge in [-0.25, -0.2) is 8.78 Å². The van der Waals surface area contributed by atoms with Crippen LogP contribution < -0.4 is 5.32 Å². The zero-order valence-corrected chi connectivity index (χ0v) is 10.5. The molecule has 0 spiro atoms. The molecule has 98 valence electrons. The summed E-state index contributed by atoms with van der Waals surface area (Å²) in [4.78, 5) is 24.8. The highest BCUT2D eigenvalue weighted by Crippen LogP contribution is 2.24. The van der Waals surface area contributed by atoms with E-state index in [0.29, 0.717) is 0 Å². The van der Waals surface area contributed by atoms with Gasteiger partial charge < -0.3 is 10.2 Å². The van der Waals surface area contributed by atoms with Crippen molar-refractivity contribution in [3.8, 4) is 0 Å². The molecule has 1 heterocycles. The summed E-state index contributed by atoms with van der Waals surface area (Å²) in [5, 5.41) is 2.58. The molecule has 0 bridgehead atoms. The second-order valence-electron chi connectivity index (χ2n) is 5.09. The lowest BCUT2D eigenvalue weighted by atomic mass is 9.91. The number of rotatable bonds is 3. The molecule has 1 atom stereocenters. The van der Waals surface area contributed by atoms with Crippen LogP contribution in [0.1, 0.15) is 27.7 Å². The van der Waals surface area contributed by atoms with Crippen molar-refractivity contribution in [2.24, 2.45) is 5.92 Å². The second kappa shape index (κ2) is 4.58. The van der Waals surface area contributed by atoms with E-state index < -0.39 is 36.4 Å². The summed E-state index contributed by atoms with van der Waals surface area (Å²) in [6.07, 6.45) is -2.64. The Balaban J connectivity index is 3.02. The van der Waals surface area contributed by atoms with Crippen molar-refractivity contribution in [1.82, 2.24) is 10.2 Å². The topological polar surface area (TPSA) is 49.4 Å². The maximum Gasteiger partial charge on any atom is 0.255 e. The monoisotopic (exact) mass is 248 g/mol. The van der Waals surface area contributed by atoms with Crippen LogP contribution in [-0.4, -0.2) is 41.3 Å². The highest BCUT2D eigenvalue weighted by molar-refractivity contribution is 5.99. The summed E-state index contributed by atoms with van der Waals surface area (Å²) in [6, 6.07) is -0.714. The standard InChI is InChI=1S/C11H18F2N2O2/c1-6(2)8-9(16)15(5-7(12)13)11(3,4)10(17)14-8/h6-8H,5H2,1-4H3,(H,14,17). The molecular formula is C11H18F2N2O2. The molecule has 1 aliphatic rings. The number of halogens is 2. The van der Waals surface area contributed by atoms with Crippen LogP contribution in [0.2, 0.25) is 0 Å². The first kappa shape index (κ1) is 13.9. The Morgan fingerprint density at radius 3 is 2.29 bits per heavy atom. The first-order chi connectivity index (χ1) is 7.67. The molecule has 4 nitrogen and oxygen atoms in total. The summed E-state index contributed by atoms with van der Waals surface area (Å²) in [7, 11) is 0. The quantitative estimate of drug-likeness (QED) is 0.810. The number of hydrogen-bond acceptors (Lipinski definition) is 2. The first-order valence-corrected chi connectivity index (χ1v) is 5.58. The minimum atomic E-state index is -2.64. The predicted octanol–water partition coefficient (Wildman–Crippen LogP) is 1.01. The smallest absolute Gasteiger partial charge is 0.255 e. The van der Waals surface area contributed by atoms with E-state index in [1.807, 2.05) is 0 Å². The molecule has 0 saturated carbocycles. The first-order valence-electron chi connectivity index (χ1n) is 5.58. The molecule has 1 N–H and O–H groups in total. The molecule has 1 aliphatic heterocycles. The number of nitrogens with zero attached hydrogens (tertiary/aromatic N) is 1. The largest absolute Gasteiger partial charge is 0.342 e. The van der Waals surface area contributed by atoms with Crippen molar-refractivity contribution in [2.45, 2.75) is 45.7 Å². The van der Waals surface area contributed by atoms with Gasteiger partial charge in [0.05, 0.1) is 6.54 Å². The van der Waals surface area contributed by atoms with Crippen LogP contribution in [0.5, 0.6) is 0 Å². The van der Waals surface area contributed by atoms with Crippen molar-refractivity contribution in [3.63, 3.8) is 0 Å². The van der Waals surface area contributed by atoms with Crippen molar-refractivity contribution in [3.05, 3.63) is 0 Å². The molecule has 0 aromatic rings. The fourth-order valence-electron chi connectivity index (χ4n) is 1.85. The van der Waals surface area contributed by atoms with Gasteiger partial charge in [-0.2, -0.15) is 0 Å². The summed E-state index contributed by atoms with van der Waals surface area (Å²) >= 11 is 0. The van der Waals surface area contributed by atoms with Gasteiger partial charge in [0.15, 0.2) is 0 Å². The van der Waals surface area contributed by atoms with Crippen molar-refractivity contribution in [2.75, 3.05) is 6.54 Å². The highest BCUT2D eigenvalue weighted by Gasteiger charge is 2.47. The molecule has 0 aromatic carbocycles. The third-order valence-corrected chi connectivity index (χ3v) is 3.04. The number of nitrogens with one attached hydrogen (secondary N) is 1. The molecule has 1 unspecified atom stereocenters. The molecule has 1 rings (SSSR count). The van der Waals surface area contributed by atoms with Crippen LogP contribution in [0.15, 0.2) is 0 Å². The normalized spacial score (nSPS) is 24.5. The molecule has 1 fully saturated rings. The van der Waals surface area contributed by atoms with Gasteiger partial charge >= 0.3 is 0 Å². The number of alkyl halides is 2. The fraction of sp³-hybridized carbons (Fsp3) is 0.818. The van der Waals surface area contributed by atoms with E-state index in [1.165, 1.54) is 13.8 Å². The van der Waals surface area contributed by atoms with E-state index >= 15 is 0 Å². The Bertz CT molecular complexity index is 329. The van der Waals surface area contributed by atoms with Crippen molar-refractivity contribution >= 4 is 11.8 Å². The molecule has 2 amide bonds. The summed E-state index contributed by atoms with van der Waals surface area (Å²) in [5.41, 5.74) is -1.22. The van der Waals surface area contributed by atoms with Crippen LogP contribution in [0.25, 0.3) is 0 Å². The maximum atomic E-state index is 12.5. The highest BCUT2D eigenvalue weighted by atomic mass is 19.3. The molecule has 6 heteroatoms. The van der Waals surface area contributed by atoms with Gasteiger partial charge in [-0.05, 0) is 19.8 Å². The molecule has 0 aromatic heterocycles. The Morgan fingerprint density at radius 1 is 1.35 bits per heavy atom. The third-order valence-electron chi connectivity index (χ3n) is 3.04. The minimum absolute atomic E-state index is 0.122. The lowest BCUT2D eigenvalue weighted by Crippen LogP contribution is -2.70. The average Bonchev–Trinajstić information content (AvgIpc) is 2.18. The van der Waals surface area contributed by atoms with Gasteiger partial charge in [-0.1, -0.05) is 13.8 Å². The number of hydrogen-bond donors (Lipinski definition) is 1. The number of carbonyl (C=O) groups is 2. The average molecular weight is 248 g/mol. The fourth-order valence-corrected chi connectivity index (χ4v) is 1.85. The third kappa shape index (κ3) is 2.56. The lowest BCUT2D eigenvalue weighted by molar-refractivity contribution is -0.159. The molecule has 0 aliphatic carbocycles. The minimum Gasteiger partial charge on any atom is -0.342 e. The number of amides is 2. The van der Waals surface area contributed by atoms with Gasteiger partial charge in [0, 0.05) is 0 Å². The summed E-state index contributed by atoms with van der Waals surface area (Å²) in [5.74, 6) is -0.955. The zero-order chi connectivity index (χ0) is 13.4. The lowest BCUT2D eigenvalue weighted by Gasteiger charge is -2.45. The van der Waals surface area contributed by atoms with Crippen LogP contribution in [0.3, 0.4) is 0 Å². The number of carbonyl (C=O) groups excluding carboxylic acids is 2. The van der Waals surface area contributed by atoms with E-state index in [0.717, 1.165) is 4.90 Å². The van der Waals surface area contributed by atoms with Crippen molar-refractivity contribution in [1.29, 1.82) is 0 Å². The Labute approximate surface area is 99.3 Å². The predicted molar refractivity (Wildman–Crippen MR) is 58.6 cm³/mol. The van der Waals surface area contributed by atoms with Gasteiger partial charge in [-0.3, -0.25) is 9.59 Å². The van der Waals surface area contributed by atoms with Crippen LogP contribution >= 0.6 is 0 Å². The van der Waals surface area contributed by atoms with E-state index in [-0.39, 0.29) is 5.92 Å². The molecule has 1 saturated heterocycles. The van der Waals surface area contributed by atoms with Gasteiger partial charge in [0.1, 0.15) is 11.6 Å². The Morgan fingerprint density at radius 2 is 1.88 bits per heavy atom. The van der Waals surface area contributed by atoms with E-state index in [4.69, 9.17) is 0 Å². The van der Waals surface area contributed by atoms with E-state index in [2.05, 4.69) is 5.32 Å². The maximum absolute atomic E-state index is 12.5.